The Morgan fingerprint density at radius 3 is 2.07 bits per heavy atom. The van der Waals surface area contributed by atoms with E-state index >= 15 is 0 Å². The predicted molar refractivity (Wildman–Crippen MR) is 49.7 cm³/mol. The first-order valence-corrected chi connectivity index (χ1v) is 4.15. The highest BCUT2D eigenvalue weighted by molar-refractivity contribution is 6.08. The van der Waals surface area contributed by atoms with E-state index in [4.69, 9.17) is 15.6 Å². The number of ether oxygens (including phenoxy) is 1. The van der Waals surface area contributed by atoms with Crippen LogP contribution in [0.2, 0.25) is 0 Å². The average Bonchev–Trinajstić information content (AvgIpc) is 1.99. The molecule has 7 heteroatoms. The summed E-state index contributed by atoms with van der Waals surface area (Å²) in [6.07, 6.45) is -1.20. The van der Waals surface area contributed by atoms with Crippen LogP contribution in [-0.4, -0.2) is 40.2 Å². The van der Waals surface area contributed by atoms with Crippen LogP contribution in [0.1, 0.15) is 20.8 Å². The van der Waals surface area contributed by atoms with Crippen LogP contribution in [0.4, 0.5) is 9.59 Å². The fourth-order valence-corrected chi connectivity index (χ4v) is 0.693. The van der Waals surface area contributed by atoms with E-state index in [9.17, 15) is 14.4 Å². The molecule has 0 fully saturated rings. The van der Waals surface area contributed by atoms with Gasteiger partial charge in [-0.15, -0.1) is 0 Å². The van der Waals surface area contributed by atoms with Crippen LogP contribution >= 0.6 is 0 Å². The van der Waals surface area contributed by atoms with Gasteiger partial charge >= 0.3 is 12.1 Å². The Morgan fingerprint density at radius 2 is 1.80 bits per heavy atom. The Bertz CT molecular complexity index is 281. The summed E-state index contributed by atoms with van der Waals surface area (Å²) in [6.45, 7) is 3.69. The van der Waals surface area contributed by atoms with E-state index in [-0.39, 0.29) is 4.90 Å². The third kappa shape index (κ3) is 4.41. The van der Waals surface area contributed by atoms with Gasteiger partial charge in [-0.2, -0.15) is 4.90 Å². The molecule has 0 spiro atoms. The Balaban J connectivity index is 4.73. The molecule has 0 rings (SSSR count). The first-order chi connectivity index (χ1) is 6.69. The topological polar surface area (TPSA) is 110 Å². The Hall–Kier alpha value is -1.63. The zero-order valence-electron chi connectivity index (χ0n) is 8.81. The fourth-order valence-electron chi connectivity index (χ4n) is 0.693. The maximum absolute atomic E-state index is 11.3. The highest BCUT2D eigenvalue weighted by Crippen LogP contribution is 2.09. The van der Waals surface area contributed by atoms with Gasteiger partial charge < -0.3 is 15.6 Å². The van der Waals surface area contributed by atoms with Crippen LogP contribution in [0.25, 0.3) is 0 Å². The van der Waals surface area contributed by atoms with Gasteiger partial charge in [0.25, 0.3) is 5.91 Å². The first kappa shape index (κ1) is 13.4. The third-order valence-corrected chi connectivity index (χ3v) is 1.18. The number of nitrogens with zero attached hydrogens (tertiary/aromatic N) is 1. The van der Waals surface area contributed by atoms with Crippen LogP contribution < -0.4 is 5.73 Å². The van der Waals surface area contributed by atoms with E-state index in [2.05, 4.69) is 0 Å². The monoisotopic (exact) mass is 218 g/mol. The molecule has 0 heterocycles. The average molecular weight is 218 g/mol. The van der Waals surface area contributed by atoms with Gasteiger partial charge in [0.2, 0.25) is 0 Å². The van der Waals surface area contributed by atoms with Crippen molar-refractivity contribution in [1.29, 1.82) is 0 Å². The smallest absolute Gasteiger partial charge is 0.425 e. The van der Waals surface area contributed by atoms with E-state index < -0.39 is 30.2 Å². The number of carbonyl (C=O) groups is 3. The number of hydrogen-bond acceptors (Lipinski definition) is 5. The predicted octanol–water partition coefficient (Wildman–Crippen LogP) is -0.179. The molecular weight excluding hydrogens is 204 g/mol. The van der Waals surface area contributed by atoms with Gasteiger partial charge in [-0.25, -0.2) is 9.59 Å². The molecule has 0 bridgehead atoms. The second-order valence-corrected chi connectivity index (χ2v) is 3.71. The minimum absolute atomic E-state index is 0.0469. The molecule has 0 aromatic heterocycles. The lowest BCUT2D eigenvalue weighted by molar-refractivity contribution is -0.130. The molecule has 0 atom stereocenters. The summed E-state index contributed by atoms with van der Waals surface area (Å²) in [5, 5.41) is 8.49. The molecule has 0 unspecified atom stereocenters. The molecular formula is C8H14N2O5. The normalized spacial score (nSPS) is 10.7. The Kier molecular flexibility index (Phi) is 4.22. The van der Waals surface area contributed by atoms with Gasteiger partial charge in [0.15, 0.2) is 0 Å². The molecule has 7 nitrogen and oxygen atoms in total. The summed E-state index contributed by atoms with van der Waals surface area (Å²) in [7, 11) is 0. The molecule has 0 aromatic rings. The number of urea groups is 1. The standard InChI is InChI=1S/C8H14N2O5/c1-8(2,3)15-7(14)10(6(9)13)5(12)4-11/h11H,4H2,1-3H3,(H2,9,13). The molecule has 0 aliphatic rings. The number of aliphatic hydroxyl groups is 1. The quantitative estimate of drug-likeness (QED) is 0.634. The minimum atomic E-state index is -1.29. The first-order valence-electron chi connectivity index (χ1n) is 4.15. The van der Waals surface area contributed by atoms with Crippen LogP contribution in [0.15, 0.2) is 0 Å². The lowest BCUT2D eigenvalue weighted by Gasteiger charge is -2.23. The van der Waals surface area contributed by atoms with Crippen molar-refractivity contribution in [3.05, 3.63) is 0 Å². The number of rotatable bonds is 1. The maximum atomic E-state index is 11.3. The van der Waals surface area contributed by atoms with Gasteiger partial charge in [0, 0.05) is 0 Å². The van der Waals surface area contributed by atoms with Gasteiger partial charge in [0.1, 0.15) is 12.2 Å². The molecule has 0 radical (unpaired) electrons. The number of primary amides is 1. The van der Waals surface area contributed by atoms with Crippen molar-refractivity contribution in [2.75, 3.05) is 6.61 Å². The fraction of sp³-hybridized carbons (Fsp3) is 0.625. The second-order valence-electron chi connectivity index (χ2n) is 3.71. The molecule has 0 saturated carbocycles. The Labute approximate surface area is 86.8 Å². The molecule has 0 aromatic carbocycles. The molecule has 15 heavy (non-hydrogen) atoms. The Morgan fingerprint density at radius 1 is 1.33 bits per heavy atom. The van der Waals surface area contributed by atoms with Crippen molar-refractivity contribution < 1.29 is 24.2 Å². The van der Waals surface area contributed by atoms with Crippen molar-refractivity contribution >= 4 is 18.0 Å². The largest absolute Gasteiger partial charge is 0.443 e. The molecule has 3 N–H and O–H groups in total. The van der Waals surface area contributed by atoms with Crippen LogP contribution in [0, 0.1) is 0 Å². The maximum Gasteiger partial charge on any atom is 0.425 e. The summed E-state index contributed by atoms with van der Waals surface area (Å²) < 4.78 is 4.74. The van der Waals surface area contributed by atoms with Crippen molar-refractivity contribution in [1.82, 2.24) is 4.90 Å². The molecule has 86 valence electrons. The van der Waals surface area contributed by atoms with Crippen LogP contribution in [-0.2, 0) is 9.53 Å². The molecule has 0 saturated heterocycles. The van der Waals surface area contributed by atoms with E-state index in [1.54, 1.807) is 20.8 Å². The van der Waals surface area contributed by atoms with Crippen molar-refractivity contribution in [2.45, 2.75) is 26.4 Å². The summed E-state index contributed by atoms with van der Waals surface area (Å²) >= 11 is 0. The van der Waals surface area contributed by atoms with Gasteiger partial charge in [0.05, 0.1) is 0 Å². The summed E-state index contributed by atoms with van der Waals surface area (Å²) in [6, 6.07) is -1.29. The number of nitrogens with two attached hydrogens (primary N) is 1. The van der Waals surface area contributed by atoms with Crippen LogP contribution in [0.3, 0.4) is 0 Å². The van der Waals surface area contributed by atoms with Crippen molar-refractivity contribution in [3.63, 3.8) is 0 Å². The molecule has 0 aliphatic carbocycles. The van der Waals surface area contributed by atoms with Gasteiger partial charge in [-0.1, -0.05) is 0 Å². The zero-order valence-corrected chi connectivity index (χ0v) is 8.81. The van der Waals surface area contributed by atoms with Gasteiger partial charge in [-0.05, 0) is 20.8 Å². The van der Waals surface area contributed by atoms with E-state index in [0.717, 1.165) is 0 Å². The number of hydrogen-bond donors (Lipinski definition) is 2. The lowest BCUT2D eigenvalue weighted by atomic mass is 10.2. The third-order valence-electron chi connectivity index (χ3n) is 1.18. The van der Waals surface area contributed by atoms with E-state index in [1.807, 2.05) is 0 Å². The molecule has 4 amide bonds. The SMILES string of the molecule is CC(C)(C)OC(=O)N(C(N)=O)C(=O)CO. The highest BCUT2D eigenvalue weighted by Gasteiger charge is 2.30. The lowest BCUT2D eigenvalue weighted by Crippen LogP contribution is -2.48. The zero-order chi connectivity index (χ0) is 12.2. The minimum Gasteiger partial charge on any atom is -0.443 e. The number of aliphatic hydroxyl groups excluding tert-OH is 1. The second kappa shape index (κ2) is 4.74. The van der Waals surface area contributed by atoms with Gasteiger partial charge in [-0.3, -0.25) is 4.79 Å². The number of imide groups is 3. The summed E-state index contributed by atoms with van der Waals surface area (Å²) in [5.41, 5.74) is 3.93. The summed E-state index contributed by atoms with van der Waals surface area (Å²) in [5.74, 6) is -1.13. The van der Waals surface area contributed by atoms with E-state index in [0.29, 0.717) is 0 Å². The van der Waals surface area contributed by atoms with E-state index in [1.165, 1.54) is 0 Å². The number of carbonyl (C=O) groups excluding carboxylic acids is 3. The van der Waals surface area contributed by atoms with Crippen molar-refractivity contribution in [2.24, 2.45) is 5.73 Å². The molecule has 0 aliphatic heterocycles. The van der Waals surface area contributed by atoms with Crippen LogP contribution in [0.5, 0.6) is 0 Å². The van der Waals surface area contributed by atoms with Crippen molar-refractivity contribution in [3.8, 4) is 0 Å². The highest BCUT2D eigenvalue weighted by atomic mass is 16.6. The summed E-state index contributed by atoms with van der Waals surface area (Å²) in [4.78, 5) is 33.0. The number of amides is 4.